The van der Waals surface area contributed by atoms with Crippen molar-refractivity contribution in [3.63, 3.8) is 0 Å². The molecule has 1 aliphatic heterocycles. The number of hydrogen-bond acceptors (Lipinski definition) is 8. The first-order valence-corrected chi connectivity index (χ1v) is 10.5. The molecule has 166 valence electrons. The summed E-state index contributed by atoms with van der Waals surface area (Å²) in [6.07, 6.45) is 3.21. The van der Waals surface area contributed by atoms with Crippen LogP contribution in [0.2, 0.25) is 0 Å². The monoisotopic (exact) mass is 422 g/mol. The first-order chi connectivity index (χ1) is 14.4. The molecule has 3 rings (SSSR count). The molecule has 0 radical (unpaired) electrons. The van der Waals surface area contributed by atoms with E-state index >= 15 is 0 Å². The molecule has 1 aliphatic rings. The van der Waals surface area contributed by atoms with Crippen LogP contribution in [0, 0.1) is 10.1 Å². The fourth-order valence-corrected chi connectivity index (χ4v) is 4.21. The molecule has 30 heavy (non-hydrogen) atoms. The molecule has 1 aromatic carbocycles. The number of hydrogen-bond donors (Lipinski definition) is 4. The Morgan fingerprint density at radius 1 is 1.10 bits per heavy atom. The highest BCUT2D eigenvalue weighted by molar-refractivity contribution is 5.81. The summed E-state index contributed by atoms with van der Waals surface area (Å²) in [5.41, 5.74) is 1.47. The Balaban J connectivity index is 1.40. The number of nitrogens with zero attached hydrogens (tertiary/aromatic N) is 2. The van der Waals surface area contributed by atoms with Crippen molar-refractivity contribution < 1.29 is 29.8 Å². The Morgan fingerprint density at radius 3 is 2.57 bits per heavy atom. The van der Waals surface area contributed by atoms with Crippen LogP contribution < -0.4 is 0 Å². The zero-order valence-electron chi connectivity index (χ0n) is 16.9. The van der Waals surface area contributed by atoms with Crippen molar-refractivity contribution in [2.24, 2.45) is 0 Å². The molecule has 4 atom stereocenters. The van der Waals surface area contributed by atoms with Crippen molar-refractivity contribution in [3.8, 4) is 0 Å². The number of β-amino-alcohol motifs (C(OH)–C–C–N with tert-alkyl or cyclic N) is 1. The summed E-state index contributed by atoms with van der Waals surface area (Å²) in [6, 6.07) is 4.46. The summed E-state index contributed by atoms with van der Waals surface area (Å²) in [6.45, 7) is 0.568. The van der Waals surface area contributed by atoms with Gasteiger partial charge >= 0.3 is 0 Å². The first-order valence-electron chi connectivity index (χ1n) is 10.5. The van der Waals surface area contributed by atoms with Gasteiger partial charge in [-0.1, -0.05) is 19.3 Å². The summed E-state index contributed by atoms with van der Waals surface area (Å²) in [5, 5.41) is 51.1. The molecule has 0 unspecified atom stereocenters. The quantitative estimate of drug-likeness (QED) is 0.257. The largest absolute Gasteiger partial charge is 0.464 e. The van der Waals surface area contributed by atoms with E-state index in [1.807, 2.05) is 4.90 Å². The van der Waals surface area contributed by atoms with Crippen molar-refractivity contribution in [2.75, 3.05) is 19.7 Å². The maximum Gasteiger partial charge on any atom is 0.273 e. The number of benzene rings is 1. The van der Waals surface area contributed by atoms with Crippen molar-refractivity contribution in [1.29, 1.82) is 0 Å². The SMILES string of the molecule is O=[N+]([O-])c1cc2ccoc2cc1CCCCCCCN1C[C@H](O)[C@@H](O)[C@H](O)[C@H]1CO. The van der Waals surface area contributed by atoms with Crippen LogP contribution in [0.3, 0.4) is 0 Å². The van der Waals surface area contributed by atoms with Crippen LogP contribution in [-0.2, 0) is 6.42 Å². The predicted molar refractivity (Wildman–Crippen MR) is 110 cm³/mol. The van der Waals surface area contributed by atoms with Crippen molar-refractivity contribution in [1.82, 2.24) is 4.90 Å². The van der Waals surface area contributed by atoms with Crippen LogP contribution in [0.25, 0.3) is 11.0 Å². The third-order valence-corrected chi connectivity index (χ3v) is 5.96. The van der Waals surface area contributed by atoms with Gasteiger partial charge in [0.2, 0.25) is 0 Å². The minimum absolute atomic E-state index is 0.128. The van der Waals surface area contributed by atoms with Crippen LogP contribution in [0.15, 0.2) is 28.9 Å². The fourth-order valence-electron chi connectivity index (χ4n) is 4.21. The molecule has 2 aromatic rings. The zero-order chi connectivity index (χ0) is 21.7. The van der Waals surface area contributed by atoms with Gasteiger partial charge in [-0.15, -0.1) is 0 Å². The van der Waals surface area contributed by atoms with Gasteiger partial charge in [-0.2, -0.15) is 0 Å². The number of nitro groups is 1. The third-order valence-electron chi connectivity index (χ3n) is 5.96. The molecular weight excluding hydrogens is 392 g/mol. The van der Waals surface area contributed by atoms with E-state index in [1.54, 1.807) is 18.2 Å². The summed E-state index contributed by atoms with van der Waals surface area (Å²) >= 11 is 0. The van der Waals surface area contributed by atoms with Crippen molar-refractivity contribution >= 4 is 16.7 Å². The van der Waals surface area contributed by atoms with Gasteiger partial charge in [-0.25, -0.2) is 0 Å². The number of piperidine rings is 1. The Labute approximate surface area is 174 Å². The van der Waals surface area contributed by atoms with E-state index in [0.717, 1.165) is 37.5 Å². The average Bonchev–Trinajstić information content (AvgIpc) is 3.18. The molecule has 0 amide bonds. The maximum absolute atomic E-state index is 11.3. The lowest BCUT2D eigenvalue weighted by molar-refractivity contribution is -0.385. The number of rotatable bonds is 10. The van der Waals surface area contributed by atoms with Crippen LogP contribution in [0.5, 0.6) is 0 Å². The highest BCUT2D eigenvalue weighted by Gasteiger charge is 2.40. The van der Waals surface area contributed by atoms with Gasteiger partial charge < -0.3 is 24.8 Å². The minimum Gasteiger partial charge on any atom is -0.464 e. The predicted octanol–water partition coefficient (Wildman–Crippen LogP) is 1.59. The second kappa shape index (κ2) is 10.3. The Bertz CT molecular complexity index is 840. The molecule has 9 nitrogen and oxygen atoms in total. The molecule has 1 aromatic heterocycles. The second-order valence-electron chi connectivity index (χ2n) is 8.01. The molecule has 9 heteroatoms. The number of aliphatic hydroxyl groups is 4. The van der Waals surface area contributed by atoms with Gasteiger partial charge in [0.15, 0.2) is 0 Å². The lowest BCUT2D eigenvalue weighted by Crippen LogP contribution is -2.62. The van der Waals surface area contributed by atoms with E-state index in [-0.39, 0.29) is 23.8 Å². The number of aliphatic hydroxyl groups excluding tert-OH is 4. The summed E-state index contributed by atoms with van der Waals surface area (Å²) in [5.74, 6) is 0. The van der Waals surface area contributed by atoms with Crippen LogP contribution in [0.4, 0.5) is 5.69 Å². The summed E-state index contributed by atoms with van der Waals surface area (Å²) in [4.78, 5) is 12.8. The number of fused-ring (bicyclic) bond motifs is 1. The van der Waals surface area contributed by atoms with Gasteiger partial charge in [-0.05, 0) is 37.9 Å². The fraction of sp³-hybridized carbons (Fsp3) is 0.619. The maximum atomic E-state index is 11.3. The van der Waals surface area contributed by atoms with Gasteiger partial charge in [0, 0.05) is 23.6 Å². The van der Waals surface area contributed by atoms with Crippen molar-refractivity contribution in [3.05, 3.63) is 40.1 Å². The molecule has 1 saturated heterocycles. The van der Waals surface area contributed by atoms with Gasteiger partial charge in [0.1, 0.15) is 17.8 Å². The van der Waals surface area contributed by atoms with Crippen LogP contribution in [0.1, 0.15) is 37.7 Å². The highest BCUT2D eigenvalue weighted by atomic mass is 16.6. The number of likely N-dealkylation sites (tertiary alicyclic amines) is 1. The van der Waals surface area contributed by atoms with E-state index in [2.05, 4.69) is 0 Å². The number of furan rings is 1. The normalized spacial score (nSPS) is 25.1. The Kier molecular flexibility index (Phi) is 7.79. The van der Waals surface area contributed by atoms with E-state index in [9.17, 15) is 30.5 Å². The molecule has 4 N–H and O–H groups in total. The van der Waals surface area contributed by atoms with E-state index in [4.69, 9.17) is 4.42 Å². The van der Waals surface area contributed by atoms with Crippen LogP contribution in [-0.4, -0.2) is 74.3 Å². The molecule has 0 bridgehead atoms. The van der Waals surface area contributed by atoms with Crippen molar-refractivity contribution in [2.45, 2.75) is 62.9 Å². The molecule has 1 fully saturated rings. The highest BCUT2D eigenvalue weighted by Crippen LogP contribution is 2.28. The zero-order valence-corrected chi connectivity index (χ0v) is 16.9. The third kappa shape index (κ3) is 5.16. The van der Waals surface area contributed by atoms with Gasteiger partial charge in [-0.3, -0.25) is 15.0 Å². The molecule has 2 heterocycles. The number of aryl methyl sites for hydroxylation is 1. The summed E-state index contributed by atoms with van der Waals surface area (Å²) in [7, 11) is 0. The lowest BCUT2D eigenvalue weighted by Gasteiger charge is -2.43. The molecular formula is C21H30N2O7. The second-order valence-corrected chi connectivity index (χ2v) is 8.01. The van der Waals surface area contributed by atoms with Gasteiger partial charge in [0.25, 0.3) is 5.69 Å². The lowest BCUT2D eigenvalue weighted by atomic mass is 9.94. The Hall–Kier alpha value is -2.04. The standard InChI is InChI=1S/C21H30N2O7/c24-13-17-20(26)21(27)18(25)12-22(17)8-5-3-1-2-4-6-14-11-19-15(7-9-30-19)10-16(14)23(28)29/h7,9-11,17-18,20-21,24-27H,1-6,8,12-13H2/t17-,18+,20-,21-/m1/s1. The van der Waals surface area contributed by atoms with Crippen LogP contribution >= 0.6 is 0 Å². The average molecular weight is 422 g/mol. The number of unbranched alkanes of at least 4 members (excludes halogenated alkanes) is 4. The minimum atomic E-state index is -1.23. The number of nitro benzene ring substituents is 1. The summed E-state index contributed by atoms with van der Waals surface area (Å²) < 4.78 is 5.35. The first kappa shape index (κ1) is 22.6. The van der Waals surface area contributed by atoms with Gasteiger partial charge in [0.05, 0.1) is 29.9 Å². The smallest absolute Gasteiger partial charge is 0.273 e. The van der Waals surface area contributed by atoms with E-state index in [0.29, 0.717) is 24.1 Å². The van der Waals surface area contributed by atoms with E-state index in [1.165, 1.54) is 6.26 Å². The molecule has 0 aliphatic carbocycles. The molecule has 0 saturated carbocycles. The molecule has 0 spiro atoms. The topological polar surface area (TPSA) is 140 Å². The Morgan fingerprint density at radius 2 is 1.83 bits per heavy atom. The van der Waals surface area contributed by atoms with E-state index < -0.39 is 24.4 Å².